The summed E-state index contributed by atoms with van der Waals surface area (Å²) in [6.45, 7) is 2.64. The number of carbonyl (C=O) groups is 1. The number of esters is 1. The minimum atomic E-state index is -0.515. The molecule has 0 atom stereocenters. The van der Waals surface area contributed by atoms with E-state index in [9.17, 15) is 9.59 Å². The summed E-state index contributed by atoms with van der Waals surface area (Å²) in [6.07, 6.45) is 3.09. The summed E-state index contributed by atoms with van der Waals surface area (Å²) in [5, 5.41) is 1.12. The average Bonchev–Trinajstić information content (AvgIpc) is 3.04. The van der Waals surface area contributed by atoms with Gasteiger partial charge in [-0.25, -0.2) is 4.79 Å². The predicted octanol–water partition coefficient (Wildman–Crippen LogP) is 3.30. The summed E-state index contributed by atoms with van der Waals surface area (Å²) in [4.78, 5) is 25.4. The molecule has 0 unspecified atom stereocenters. The van der Waals surface area contributed by atoms with Gasteiger partial charge in [0.05, 0.1) is 30.4 Å². The SMILES string of the molecule is CCOC(=O)/C=c1\s/c(=C/c2ccc(Cl)cc2)c(=O)n1Cc1cc(Cl)cc2c1OCOC2. The Kier molecular flexibility index (Phi) is 7.01. The number of thiazole rings is 1. The molecular weight excluding hydrogens is 473 g/mol. The standard InChI is InChI=1S/C23H19Cl2NO5S/c1-2-30-21(27)10-20-26(11-15-8-18(25)9-16-12-29-13-31-22(15)16)23(28)19(32-20)7-14-3-5-17(24)6-4-14/h3-10H,2,11-13H2,1H3/b19-7+,20-10-. The second-order valence-corrected chi connectivity index (χ2v) is 8.89. The fourth-order valence-corrected chi connectivity index (χ4v) is 4.75. The van der Waals surface area contributed by atoms with E-state index in [0.29, 0.717) is 31.6 Å². The molecule has 1 aliphatic heterocycles. The summed E-state index contributed by atoms with van der Waals surface area (Å²) in [5.74, 6) is 0.127. The van der Waals surface area contributed by atoms with Gasteiger partial charge in [-0.3, -0.25) is 9.36 Å². The number of ether oxygens (including phenoxy) is 3. The lowest BCUT2D eigenvalue weighted by Gasteiger charge is -2.21. The Hall–Kier alpha value is -2.58. The van der Waals surface area contributed by atoms with Gasteiger partial charge in [0.25, 0.3) is 5.56 Å². The highest BCUT2D eigenvalue weighted by Gasteiger charge is 2.18. The molecule has 0 saturated heterocycles. The second-order valence-electron chi connectivity index (χ2n) is 6.95. The van der Waals surface area contributed by atoms with Crippen LogP contribution in [0.15, 0.2) is 41.2 Å². The van der Waals surface area contributed by atoms with Crippen molar-refractivity contribution in [3.63, 3.8) is 0 Å². The van der Waals surface area contributed by atoms with Crippen molar-refractivity contribution in [3.05, 3.63) is 82.7 Å². The molecule has 0 radical (unpaired) electrons. The van der Waals surface area contributed by atoms with Crippen LogP contribution in [0, 0.1) is 0 Å². The third kappa shape index (κ3) is 5.07. The number of rotatable bonds is 5. The molecule has 3 aromatic rings. The van der Waals surface area contributed by atoms with E-state index in [1.54, 1.807) is 37.3 Å². The highest BCUT2D eigenvalue weighted by molar-refractivity contribution is 7.07. The van der Waals surface area contributed by atoms with Crippen molar-refractivity contribution in [2.24, 2.45) is 0 Å². The number of nitrogens with zero attached hydrogens (tertiary/aromatic N) is 1. The fraction of sp³-hybridized carbons (Fsp3) is 0.217. The Labute approximate surface area is 197 Å². The zero-order chi connectivity index (χ0) is 22.7. The summed E-state index contributed by atoms with van der Waals surface area (Å²) in [6, 6.07) is 10.7. The molecule has 0 amide bonds. The zero-order valence-electron chi connectivity index (χ0n) is 17.1. The minimum Gasteiger partial charge on any atom is -0.467 e. The van der Waals surface area contributed by atoms with E-state index in [1.165, 1.54) is 22.0 Å². The maximum absolute atomic E-state index is 13.3. The number of hydrogen-bond acceptors (Lipinski definition) is 6. The van der Waals surface area contributed by atoms with Gasteiger partial charge < -0.3 is 14.2 Å². The Bertz CT molecular complexity index is 1330. The molecule has 0 N–H and O–H groups in total. The average molecular weight is 492 g/mol. The molecule has 0 aliphatic carbocycles. The van der Waals surface area contributed by atoms with Gasteiger partial charge in [-0.2, -0.15) is 0 Å². The summed E-state index contributed by atoms with van der Waals surface area (Å²) in [7, 11) is 0. The minimum absolute atomic E-state index is 0.123. The Morgan fingerprint density at radius 1 is 1.22 bits per heavy atom. The van der Waals surface area contributed by atoms with Crippen LogP contribution in [-0.4, -0.2) is 23.9 Å². The molecular formula is C23H19Cl2NO5S. The molecule has 9 heteroatoms. The van der Waals surface area contributed by atoms with Gasteiger partial charge in [-0.1, -0.05) is 35.3 Å². The predicted molar refractivity (Wildman–Crippen MR) is 125 cm³/mol. The van der Waals surface area contributed by atoms with Crippen molar-refractivity contribution in [3.8, 4) is 5.75 Å². The first-order chi connectivity index (χ1) is 15.4. The molecule has 2 heterocycles. The topological polar surface area (TPSA) is 66.8 Å². The van der Waals surface area contributed by atoms with Gasteiger partial charge in [-0.05, 0) is 42.8 Å². The number of aromatic nitrogens is 1. The monoisotopic (exact) mass is 491 g/mol. The van der Waals surface area contributed by atoms with Gasteiger partial charge in [0.2, 0.25) is 0 Å². The quantitative estimate of drug-likeness (QED) is 0.512. The first-order valence-corrected chi connectivity index (χ1v) is 11.4. The van der Waals surface area contributed by atoms with Gasteiger partial charge in [-0.15, -0.1) is 11.3 Å². The molecule has 0 bridgehead atoms. The molecule has 1 aliphatic rings. The molecule has 1 aromatic heterocycles. The first kappa shape index (κ1) is 22.6. The van der Waals surface area contributed by atoms with Crippen LogP contribution in [0.2, 0.25) is 10.0 Å². The molecule has 6 nitrogen and oxygen atoms in total. The number of benzene rings is 2. The smallest absolute Gasteiger partial charge is 0.333 e. The highest BCUT2D eigenvalue weighted by atomic mass is 35.5. The second kappa shape index (κ2) is 9.92. The maximum Gasteiger partial charge on any atom is 0.333 e. The number of halogens is 2. The van der Waals surface area contributed by atoms with Crippen LogP contribution >= 0.6 is 34.5 Å². The van der Waals surface area contributed by atoms with Crippen LogP contribution in [0.3, 0.4) is 0 Å². The molecule has 166 valence electrons. The third-order valence-electron chi connectivity index (χ3n) is 4.71. The van der Waals surface area contributed by atoms with Gasteiger partial charge >= 0.3 is 5.97 Å². The van der Waals surface area contributed by atoms with Crippen molar-refractivity contribution in [1.82, 2.24) is 4.57 Å². The van der Waals surface area contributed by atoms with Crippen LogP contribution in [-0.2, 0) is 27.4 Å². The lowest BCUT2D eigenvalue weighted by molar-refractivity contribution is -0.135. The fourth-order valence-electron chi connectivity index (χ4n) is 3.33. The zero-order valence-corrected chi connectivity index (χ0v) is 19.4. The summed E-state index contributed by atoms with van der Waals surface area (Å²) in [5.41, 5.74) is 2.13. The molecule has 0 saturated carbocycles. The van der Waals surface area contributed by atoms with Crippen molar-refractivity contribution in [2.45, 2.75) is 20.1 Å². The largest absolute Gasteiger partial charge is 0.467 e. The van der Waals surface area contributed by atoms with Crippen LogP contribution in [0.25, 0.3) is 12.2 Å². The van der Waals surface area contributed by atoms with E-state index in [2.05, 4.69) is 0 Å². The van der Waals surface area contributed by atoms with E-state index in [-0.39, 0.29) is 25.5 Å². The summed E-state index contributed by atoms with van der Waals surface area (Å²) < 4.78 is 18.5. The highest BCUT2D eigenvalue weighted by Crippen LogP contribution is 2.31. The maximum atomic E-state index is 13.3. The van der Waals surface area contributed by atoms with Crippen LogP contribution < -0.4 is 19.5 Å². The molecule has 2 aromatic carbocycles. The van der Waals surface area contributed by atoms with Crippen LogP contribution in [0.1, 0.15) is 23.6 Å². The normalized spacial score (nSPS) is 14.2. The molecule has 4 rings (SSSR count). The van der Waals surface area contributed by atoms with E-state index in [1.807, 2.05) is 12.1 Å². The van der Waals surface area contributed by atoms with Gasteiger partial charge in [0.1, 0.15) is 10.4 Å². The van der Waals surface area contributed by atoms with Crippen molar-refractivity contribution in [1.29, 1.82) is 0 Å². The van der Waals surface area contributed by atoms with Gasteiger partial charge in [0.15, 0.2) is 6.79 Å². The van der Waals surface area contributed by atoms with Crippen molar-refractivity contribution in [2.75, 3.05) is 13.4 Å². The van der Waals surface area contributed by atoms with Crippen molar-refractivity contribution >= 4 is 52.7 Å². The third-order valence-corrected chi connectivity index (χ3v) is 6.24. The molecule has 0 spiro atoms. The van der Waals surface area contributed by atoms with Crippen molar-refractivity contribution < 1.29 is 19.0 Å². The van der Waals surface area contributed by atoms with E-state index < -0.39 is 5.97 Å². The van der Waals surface area contributed by atoms with E-state index in [0.717, 1.165) is 16.7 Å². The number of carbonyl (C=O) groups excluding carboxylic acids is 1. The van der Waals surface area contributed by atoms with E-state index in [4.69, 9.17) is 37.4 Å². The lowest BCUT2D eigenvalue weighted by Crippen LogP contribution is -2.32. The Morgan fingerprint density at radius 3 is 2.75 bits per heavy atom. The van der Waals surface area contributed by atoms with Crippen LogP contribution in [0.4, 0.5) is 0 Å². The van der Waals surface area contributed by atoms with E-state index >= 15 is 0 Å². The number of hydrogen-bond donors (Lipinski definition) is 0. The van der Waals surface area contributed by atoms with Crippen LogP contribution in [0.5, 0.6) is 5.75 Å². The summed E-state index contributed by atoms with van der Waals surface area (Å²) >= 11 is 13.4. The lowest BCUT2D eigenvalue weighted by atomic mass is 10.1. The molecule has 32 heavy (non-hydrogen) atoms. The molecule has 0 fully saturated rings. The van der Waals surface area contributed by atoms with Gasteiger partial charge in [0, 0.05) is 21.2 Å². The number of fused-ring (bicyclic) bond motifs is 1. The first-order valence-electron chi connectivity index (χ1n) is 9.82. The Morgan fingerprint density at radius 2 is 2.00 bits per heavy atom. The Balaban J connectivity index is 1.85.